The number of carbonyl (C=O) groups excluding carboxylic acids is 1. The van der Waals surface area contributed by atoms with E-state index in [-0.39, 0.29) is 9.52 Å². The molecule has 0 aromatic heterocycles. The van der Waals surface area contributed by atoms with Crippen LogP contribution in [0.2, 0.25) is 0 Å². The summed E-state index contributed by atoms with van der Waals surface area (Å²) in [4.78, 5) is 11.6. The van der Waals surface area contributed by atoms with Crippen LogP contribution < -0.4 is 0 Å². The molecule has 0 spiro atoms. The van der Waals surface area contributed by atoms with Crippen LogP contribution in [0.15, 0.2) is 24.3 Å². The third-order valence-corrected chi connectivity index (χ3v) is 2.69. The van der Waals surface area contributed by atoms with Gasteiger partial charge >= 0.3 is 0 Å². The van der Waals surface area contributed by atoms with Crippen LogP contribution in [0.25, 0.3) is 0 Å². The first-order chi connectivity index (χ1) is 6.16. The van der Waals surface area contributed by atoms with Crippen LogP contribution in [0.1, 0.15) is 22.8 Å². The smallest absolute Gasteiger partial charge is 0.187 e. The molecule has 0 amide bonds. The Hall–Kier alpha value is -0.150. The molecule has 1 rings (SSSR count). The maximum absolute atomic E-state index is 11.6. The molecule has 0 radical (unpaired) electrons. The quantitative estimate of drug-likeness (QED) is 0.616. The number of Topliss-reactive ketones (excluding diaryl/α,β-unsaturated/α-hetero) is 1. The number of ketones is 1. The Kier molecular flexibility index (Phi) is 4.13. The molecule has 1 aromatic rings. The summed E-state index contributed by atoms with van der Waals surface area (Å²) in [7, 11) is 0. The molecule has 1 nitrogen and oxygen atoms in total. The Morgan fingerprint density at radius 2 is 2.00 bits per heavy atom. The largest absolute Gasteiger partial charge is 0.292 e. The molecule has 0 bridgehead atoms. The fourth-order valence-corrected chi connectivity index (χ4v) is 1.68. The first-order valence-corrected chi connectivity index (χ1v) is 5.90. The van der Waals surface area contributed by atoms with E-state index >= 15 is 0 Å². The van der Waals surface area contributed by atoms with Crippen molar-refractivity contribution in [2.24, 2.45) is 0 Å². The average molecular weight is 306 g/mol. The van der Waals surface area contributed by atoms with E-state index in [2.05, 4.69) is 31.9 Å². The van der Waals surface area contributed by atoms with Crippen LogP contribution in [-0.2, 0) is 6.42 Å². The van der Waals surface area contributed by atoms with Gasteiger partial charge in [-0.3, -0.25) is 4.79 Å². The first kappa shape index (κ1) is 10.9. The van der Waals surface area contributed by atoms with Crippen molar-refractivity contribution in [3.05, 3.63) is 35.4 Å². The molecule has 3 heteroatoms. The second-order valence-electron chi connectivity index (χ2n) is 2.68. The van der Waals surface area contributed by atoms with Gasteiger partial charge < -0.3 is 0 Å². The Balaban J connectivity index is 3.06. The van der Waals surface area contributed by atoms with Gasteiger partial charge in [0.05, 0.1) is 0 Å². The zero-order valence-corrected chi connectivity index (χ0v) is 10.4. The van der Waals surface area contributed by atoms with Crippen LogP contribution in [0.3, 0.4) is 0 Å². The number of alkyl halides is 2. The molecule has 0 aliphatic rings. The van der Waals surface area contributed by atoms with Crippen molar-refractivity contribution in [2.75, 3.05) is 0 Å². The van der Waals surface area contributed by atoms with Gasteiger partial charge in [-0.2, -0.15) is 0 Å². The highest BCUT2D eigenvalue weighted by Gasteiger charge is 2.15. The molecule has 0 aliphatic carbocycles. The standard InChI is InChI=1S/C10H10Br2O/c1-2-7-5-3-4-6-8(7)9(13)10(11)12/h3-6,10H,2H2,1H3. The Bertz CT molecular complexity index is 308. The SMILES string of the molecule is CCc1ccccc1C(=O)C(Br)Br. The average Bonchev–Trinajstić information content (AvgIpc) is 2.16. The summed E-state index contributed by atoms with van der Waals surface area (Å²) >= 11 is 6.41. The van der Waals surface area contributed by atoms with Gasteiger partial charge in [0.25, 0.3) is 0 Å². The van der Waals surface area contributed by atoms with Crippen molar-refractivity contribution in [2.45, 2.75) is 17.1 Å². The molecule has 0 saturated carbocycles. The lowest BCUT2D eigenvalue weighted by Crippen LogP contribution is -2.09. The predicted octanol–water partition coefficient (Wildman–Crippen LogP) is 3.55. The third-order valence-electron chi connectivity index (χ3n) is 1.86. The van der Waals surface area contributed by atoms with Crippen LogP contribution in [-0.4, -0.2) is 9.52 Å². The van der Waals surface area contributed by atoms with Gasteiger partial charge in [-0.05, 0) is 12.0 Å². The molecule has 70 valence electrons. The van der Waals surface area contributed by atoms with E-state index in [1.807, 2.05) is 31.2 Å². The van der Waals surface area contributed by atoms with Crippen molar-refractivity contribution >= 4 is 37.6 Å². The molecule has 0 atom stereocenters. The van der Waals surface area contributed by atoms with Gasteiger partial charge in [-0.1, -0.05) is 63.0 Å². The van der Waals surface area contributed by atoms with E-state index in [1.165, 1.54) is 0 Å². The minimum atomic E-state index is -0.285. The number of aryl methyl sites for hydroxylation is 1. The minimum Gasteiger partial charge on any atom is -0.292 e. The molecule has 1 aromatic carbocycles. The lowest BCUT2D eigenvalue weighted by Gasteiger charge is -2.06. The summed E-state index contributed by atoms with van der Waals surface area (Å²) in [5, 5.41) is 0. The summed E-state index contributed by atoms with van der Waals surface area (Å²) in [5.41, 5.74) is 1.89. The van der Waals surface area contributed by atoms with Gasteiger partial charge in [-0.15, -0.1) is 0 Å². The van der Waals surface area contributed by atoms with Crippen LogP contribution in [0.5, 0.6) is 0 Å². The number of rotatable bonds is 3. The second-order valence-corrected chi connectivity index (χ2v) is 5.74. The molecule has 0 heterocycles. The van der Waals surface area contributed by atoms with Gasteiger partial charge in [-0.25, -0.2) is 0 Å². The fraction of sp³-hybridized carbons (Fsp3) is 0.300. The van der Waals surface area contributed by atoms with E-state index in [1.54, 1.807) is 0 Å². The molecular formula is C10H10Br2O. The van der Waals surface area contributed by atoms with Crippen molar-refractivity contribution in [1.82, 2.24) is 0 Å². The summed E-state index contributed by atoms with van der Waals surface area (Å²) in [5.74, 6) is 0.0810. The highest BCUT2D eigenvalue weighted by Crippen LogP contribution is 2.19. The monoisotopic (exact) mass is 304 g/mol. The van der Waals surface area contributed by atoms with Gasteiger partial charge in [0, 0.05) is 5.56 Å². The molecule has 0 N–H and O–H groups in total. The van der Waals surface area contributed by atoms with Crippen LogP contribution in [0, 0.1) is 0 Å². The maximum Gasteiger partial charge on any atom is 0.187 e. The fourth-order valence-electron chi connectivity index (χ4n) is 1.19. The predicted molar refractivity (Wildman–Crippen MR) is 61.8 cm³/mol. The number of hydrogen-bond acceptors (Lipinski definition) is 1. The molecular weight excluding hydrogens is 296 g/mol. The third kappa shape index (κ3) is 2.64. The van der Waals surface area contributed by atoms with Gasteiger partial charge in [0.1, 0.15) is 3.74 Å². The molecule has 0 fully saturated rings. The van der Waals surface area contributed by atoms with Crippen LogP contribution >= 0.6 is 31.9 Å². The second kappa shape index (κ2) is 4.91. The minimum absolute atomic E-state index is 0.0810. The van der Waals surface area contributed by atoms with Crippen molar-refractivity contribution in [3.63, 3.8) is 0 Å². The number of benzene rings is 1. The van der Waals surface area contributed by atoms with E-state index in [0.717, 1.165) is 17.5 Å². The molecule has 0 saturated heterocycles. The number of carbonyl (C=O) groups is 1. The van der Waals surface area contributed by atoms with Gasteiger partial charge in [0.15, 0.2) is 5.78 Å². The lowest BCUT2D eigenvalue weighted by molar-refractivity contribution is 0.101. The van der Waals surface area contributed by atoms with E-state index in [0.29, 0.717) is 0 Å². The molecule has 0 unspecified atom stereocenters. The van der Waals surface area contributed by atoms with Crippen molar-refractivity contribution in [3.8, 4) is 0 Å². The topological polar surface area (TPSA) is 17.1 Å². The molecule has 0 aliphatic heterocycles. The summed E-state index contributed by atoms with van der Waals surface area (Å²) in [6.45, 7) is 2.05. The van der Waals surface area contributed by atoms with E-state index in [9.17, 15) is 4.79 Å². The zero-order valence-electron chi connectivity index (χ0n) is 7.26. The summed E-state index contributed by atoms with van der Waals surface area (Å²) in [6, 6.07) is 7.67. The first-order valence-electron chi connectivity index (χ1n) is 4.07. The van der Waals surface area contributed by atoms with Gasteiger partial charge in [0.2, 0.25) is 0 Å². The Morgan fingerprint density at radius 1 is 1.38 bits per heavy atom. The number of hydrogen-bond donors (Lipinski definition) is 0. The Morgan fingerprint density at radius 3 is 2.54 bits per heavy atom. The molecule has 13 heavy (non-hydrogen) atoms. The Labute approximate surface area is 94.8 Å². The van der Waals surface area contributed by atoms with Crippen molar-refractivity contribution < 1.29 is 4.79 Å². The van der Waals surface area contributed by atoms with E-state index < -0.39 is 0 Å². The highest BCUT2D eigenvalue weighted by atomic mass is 79.9. The normalized spacial score (nSPS) is 10.5. The summed E-state index contributed by atoms with van der Waals surface area (Å²) in [6.07, 6.45) is 0.884. The number of halogens is 2. The van der Waals surface area contributed by atoms with Crippen molar-refractivity contribution in [1.29, 1.82) is 0 Å². The van der Waals surface area contributed by atoms with Crippen LogP contribution in [0.4, 0.5) is 0 Å². The summed E-state index contributed by atoms with van der Waals surface area (Å²) < 4.78 is -0.285. The zero-order chi connectivity index (χ0) is 9.84. The highest BCUT2D eigenvalue weighted by molar-refractivity contribution is 9.25. The lowest BCUT2D eigenvalue weighted by atomic mass is 10.0. The van der Waals surface area contributed by atoms with E-state index in [4.69, 9.17) is 0 Å². The maximum atomic E-state index is 11.6.